The molecule has 1 aliphatic rings. The number of nitrogens with zero attached hydrogens (tertiary/aromatic N) is 3. The van der Waals surface area contributed by atoms with Gasteiger partial charge in [-0.3, -0.25) is 4.79 Å². The molecule has 0 saturated heterocycles. The van der Waals surface area contributed by atoms with Crippen molar-refractivity contribution in [3.8, 4) is 6.07 Å². The molecule has 2 rings (SSSR count). The highest BCUT2D eigenvalue weighted by Gasteiger charge is 2.16. The van der Waals surface area contributed by atoms with E-state index in [0.29, 0.717) is 19.5 Å². The fourth-order valence-corrected chi connectivity index (χ4v) is 2.14. The fraction of sp³-hybridized carbons (Fsp3) is 0.583. The number of rotatable bonds is 4. The number of nitrogens with one attached hydrogen (secondary N) is 1. The Labute approximate surface area is 100 Å². The molecule has 90 valence electrons. The van der Waals surface area contributed by atoms with Gasteiger partial charge in [0.2, 0.25) is 5.91 Å². The predicted octanol–water partition coefficient (Wildman–Crippen LogP) is 0.792. The van der Waals surface area contributed by atoms with Crippen LogP contribution in [0.3, 0.4) is 0 Å². The van der Waals surface area contributed by atoms with E-state index >= 15 is 0 Å². The van der Waals surface area contributed by atoms with Crippen LogP contribution >= 0.6 is 0 Å². The molecule has 0 unspecified atom stereocenters. The van der Waals surface area contributed by atoms with Crippen LogP contribution in [0.15, 0.2) is 6.33 Å². The summed E-state index contributed by atoms with van der Waals surface area (Å²) in [5.41, 5.74) is 2.34. The molecule has 1 aromatic rings. The first-order chi connectivity index (χ1) is 8.31. The van der Waals surface area contributed by atoms with Gasteiger partial charge >= 0.3 is 0 Å². The third-order valence-corrected chi connectivity index (χ3v) is 2.98. The van der Waals surface area contributed by atoms with Crippen LogP contribution in [0.4, 0.5) is 0 Å². The molecule has 0 atom stereocenters. The fourth-order valence-electron chi connectivity index (χ4n) is 2.14. The molecule has 17 heavy (non-hydrogen) atoms. The van der Waals surface area contributed by atoms with Gasteiger partial charge < -0.3 is 9.88 Å². The van der Waals surface area contributed by atoms with Crippen molar-refractivity contribution in [1.82, 2.24) is 14.9 Å². The summed E-state index contributed by atoms with van der Waals surface area (Å²) in [6.45, 7) is 0.736. The van der Waals surface area contributed by atoms with Crippen LogP contribution in [0.25, 0.3) is 0 Å². The van der Waals surface area contributed by atoms with Crippen molar-refractivity contribution in [3.63, 3.8) is 0 Å². The molecule has 1 N–H and O–H groups in total. The van der Waals surface area contributed by atoms with Crippen molar-refractivity contribution in [2.75, 3.05) is 6.54 Å². The van der Waals surface area contributed by atoms with Gasteiger partial charge in [0.25, 0.3) is 0 Å². The highest BCUT2D eigenvalue weighted by atomic mass is 16.1. The van der Waals surface area contributed by atoms with E-state index in [1.54, 1.807) is 6.33 Å². The zero-order valence-corrected chi connectivity index (χ0v) is 9.78. The third kappa shape index (κ3) is 2.84. The van der Waals surface area contributed by atoms with Gasteiger partial charge in [0.1, 0.15) is 6.54 Å². The van der Waals surface area contributed by atoms with Gasteiger partial charge in [0.05, 0.1) is 24.5 Å². The molecule has 1 aliphatic carbocycles. The maximum atomic E-state index is 11.6. The Morgan fingerprint density at radius 3 is 3.18 bits per heavy atom. The minimum atomic E-state index is -0.0500. The normalized spacial score (nSPS) is 13.8. The van der Waals surface area contributed by atoms with E-state index < -0.39 is 0 Å². The summed E-state index contributed by atoms with van der Waals surface area (Å²) in [7, 11) is 0. The lowest BCUT2D eigenvalue weighted by molar-refractivity contribution is -0.121. The van der Waals surface area contributed by atoms with Crippen LogP contribution in [-0.2, 0) is 24.2 Å². The zero-order chi connectivity index (χ0) is 12.1. The highest BCUT2D eigenvalue weighted by molar-refractivity contribution is 5.75. The first kappa shape index (κ1) is 11.6. The van der Waals surface area contributed by atoms with Crippen molar-refractivity contribution >= 4 is 5.91 Å². The number of aromatic nitrogens is 2. The summed E-state index contributed by atoms with van der Waals surface area (Å²) >= 11 is 0. The van der Waals surface area contributed by atoms with Crippen LogP contribution in [0, 0.1) is 11.3 Å². The average molecular weight is 232 g/mol. The largest absolute Gasteiger partial charge is 0.354 e. The summed E-state index contributed by atoms with van der Waals surface area (Å²) in [5, 5.41) is 11.1. The van der Waals surface area contributed by atoms with Crippen LogP contribution in [0.1, 0.15) is 30.7 Å². The SMILES string of the molecule is N#CCCNC(=O)Cn1cnc2c1CCCC2. The molecule has 0 fully saturated rings. The highest BCUT2D eigenvalue weighted by Crippen LogP contribution is 2.19. The standard InChI is InChI=1S/C12H16N4O/c13-6-3-7-14-12(17)8-16-9-15-10-4-1-2-5-11(10)16/h9H,1-5,7-8H2,(H,14,17). The quantitative estimate of drug-likeness (QED) is 0.780. The lowest BCUT2D eigenvalue weighted by Gasteiger charge is -2.13. The summed E-state index contributed by atoms with van der Waals surface area (Å²) in [6, 6.07) is 2.00. The minimum absolute atomic E-state index is 0.0500. The summed E-state index contributed by atoms with van der Waals surface area (Å²) < 4.78 is 1.93. The van der Waals surface area contributed by atoms with Crippen LogP contribution in [0.2, 0.25) is 0 Å². The van der Waals surface area contributed by atoms with Crippen LogP contribution in [-0.4, -0.2) is 22.0 Å². The maximum absolute atomic E-state index is 11.6. The number of amides is 1. The second-order valence-corrected chi connectivity index (χ2v) is 4.23. The number of nitriles is 1. The second-order valence-electron chi connectivity index (χ2n) is 4.23. The van der Waals surface area contributed by atoms with Gasteiger partial charge in [-0.2, -0.15) is 5.26 Å². The van der Waals surface area contributed by atoms with Gasteiger partial charge in [-0.15, -0.1) is 0 Å². The van der Waals surface area contributed by atoms with Crippen LogP contribution < -0.4 is 5.32 Å². The lowest BCUT2D eigenvalue weighted by Crippen LogP contribution is -2.28. The second kappa shape index (κ2) is 5.48. The molecule has 0 bridgehead atoms. The van der Waals surface area contributed by atoms with Crippen molar-refractivity contribution in [3.05, 3.63) is 17.7 Å². The molecule has 0 radical (unpaired) electrons. The molecule has 1 aromatic heterocycles. The Kier molecular flexibility index (Phi) is 3.76. The van der Waals surface area contributed by atoms with E-state index in [2.05, 4.69) is 10.3 Å². The summed E-state index contributed by atoms with van der Waals surface area (Å²) in [4.78, 5) is 15.9. The Morgan fingerprint density at radius 2 is 2.35 bits per heavy atom. The smallest absolute Gasteiger partial charge is 0.240 e. The van der Waals surface area contributed by atoms with Crippen molar-refractivity contribution < 1.29 is 4.79 Å². The minimum Gasteiger partial charge on any atom is -0.354 e. The van der Waals surface area contributed by atoms with E-state index in [1.165, 1.54) is 18.5 Å². The first-order valence-electron chi connectivity index (χ1n) is 5.98. The number of carbonyl (C=O) groups is 1. The first-order valence-corrected chi connectivity index (χ1v) is 5.98. The number of aryl methyl sites for hydroxylation is 1. The molecular weight excluding hydrogens is 216 g/mol. The molecule has 1 heterocycles. The predicted molar refractivity (Wildman–Crippen MR) is 62.1 cm³/mol. The molecule has 0 aromatic carbocycles. The molecule has 0 saturated carbocycles. The number of hydrogen-bond acceptors (Lipinski definition) is 3. The number of fused-ring (bicyclic) bond motifs is 1. The average Bonchev–Trinajstić information content (AvgIpc) is 2.73. The van der Waals surface area contributed by atoms with E-state index in [9.17, 15) is 4.79 Å². The van der Waals surface area contributed by atoms with E-state index in [4.69, 9.17) is 5.26 Å². The Hall–Kier alpha value is -1.83. The van der Waals surface area contributed by atoms with Gasteiger partial charge in [0, 0.05) is 12.2 Å². The van der Waals surface area contributed by atoms with Crippen molar-refractivity contribution in [2.24, 2.45) is 0 Å². The Morgan fingerprint density at radius 1 is 1.53 bits per heavy atom. The van der Waals surface area contributed by atoms with E-state index in [-0.39, 0.29) is 5.91 Å². The molecule has 0 aliphatic heterocycles. The molecule has 5 heteroatoms. The van der Waals surface area contributed by atoms with Gasteiger partial charge in [-0.1, -0.05) is 0 Å². The van der Waals surface area contributed by atoms with Gasteiger partial charge in [-0.25, -0.2) is 4.98 Å². The van der Waals surface area contributed by atoms with Crippen molar-refractivity contribution in [2.45, 2.75) is 38.6 Å². The molecule has 5 nitrogen and oxygen atoms in total. The summed E-state index contributed by atoms with van der Waals surface area (Å²) in [6.07, 6.45) is 6.51. The monoisotopic (exact) mass is 232 g/mol. The topological polar surface area (TPSA) is 70.7 Å². The van der Waals surface area contributed by atoms with Crippen LogP contribution in [0.5, 0.6) is 0 Å². The zero-order valence-electron chi connectivity index (χ0n) is 9.78. The van der Waals surface area contributed by atoms with Gasteiger partial charge in [0.15, 0.2) is 0 Å². The Bertz CT molecular complexity index is 444. The maximum Gasteiger partial charge on any atom is 0.240 e. The number of hydrogen-bond donors (Lipinski definition) is 1. The molecule has 0 spiro atoms. The van der Waals surface area contributed by atoms with E-state index in [1.807, 2.05) is 10.6 Å². The van der Waals surface area contributed by atoms with E-state index in [0.717, 1.165) is 18.5 Å². The number of imidazole rings is 1. The summed E-state index contributed by atoms with van der Waals surface area (Å²) in [5.74, 6) is -0.0500. The molecular formula is C12H16N4O. The van der Waals surface area contributed by atoms with Crippen molar-refractivity contribution in [1.29, 1.82) is 5.26 Å². The Balaban J connectivity index is 1.92. The third-order valence-electron chi connectivity index (χ3n) is 2.98. The van der Waals surface area contributed by atoms with Gasteiger partial charge in [-0.05, 0) is 25.7 Å². The molecule has 1 amide bonds. The number of carbonyl (C=O) groups excluding carboxylic acids is 1. The lowest BCUT2D eigenvalue weighted by atomic mass is 10.0.